The van der Waals surface area contributed by atoms with Gasteiger partial charge in [0, 0.05) is 0 Å². The maximum Gasteiger partial charge on any atom is 0.265 e. The molecular formula is C13H20BN. The van der Waals surface area contributed by atoms with Crippen LogP contribution in [0.2, 0.25) is 11.6 Å². The first-order valence-corrected chi connectivity index (χ1v) is 6.47. The molecule has 0 aromatic carbocycles. The van der Waals surface area contributed by atoms with Crippen molar-refractivity contribution in [3.8, 4) is 0 Å². The predicted molar refractivity (Wildman–Crippen MR) is 65.3 cm³/mol. The zero-order chi connectivity index (χ0) is 10.3. The Morgan fingerprint density at radius 2 is 1.67 bits per heavy atom. The Morgan fingerprint density at radius 1 is 1.07 bits per heavy atom. The minimum atomic E-state index is 0.824. The molecule has 0 aliphatic carbocycles. The number of rotatable bonds is 1. The van der Waals surface area contributed by atoms with Gasteiger partial charge in [0.05, 0.1) is 0 Å². The van der Waals surface area contributed by atoms with Gasteiger partial charge >= 0.3 is 0 Å². The van der Waals surface area contributed by atoms with Crippen LogP contribution in [0.1, 0.15) is 39.0 Å². The Morgan fingerprint density at radius 3 is 2.27 bits per heavy atom. The molecule has 2 atom stereocenters. The molecule has 0 radical (unpaired) electrons. The second kappa shape index (κ2) is 3.73. The molecule has 15 heavy (non-hydrogen) atoms. The summed E-state index contributed by atoms with van der Waals surface area (Å²) in [6.45, 7) is 3.27. The lowest BCUT2D eigenvalue weighted by Gasteiger charge is -2.43. The van der Waals surface area contributed by atoms with Crippen molar-refractivity contribution >= 4 is 6.85 Å². The second-order valence-electron chi connectivity index (χ2n) is 5.65. The highest BCUT2D eigenvalue weighted by Crippen LogP contribution is 2.48. The van der Waals surface area contributed by atoms with Crippen LogP contribution in [0.4, 0.5) is 0 Å². The Bertz CT molecular complexity index is 305. The molecule has 2 bridgehead atoms. The van der Waals surface area contributed by atoms with Crippen LogP contribution in [-0.2, 0) is 0 Å². The lowest BCUT2D eigenvalue weighted by molar-refractivity contribution is 0.353. The van der Waals surface area contributed by atoms with Gasteiger partial charge in [0.2, 0.25) is 0 Å². The van der Waals surface area contributed by atoms with E-state index in [4.69, 9.17) is 0 Å². The molecule has 1 aromatic heterocycles. The molecule has 1 aromatic rings. The van der Waals surface area contributed by atoms with Crippen LogP contribution in [0, 0.1) is 5.92 Å². The first kappa shape index (κ1) is 9.56. The fourth-order valence-electron chi connectivity index (χ4n) is 4.05. The minimum Gasteiger partial charge on any atom is -0.397 e. The average molecular weight is 201 g/mol. The lowest BCUT2D eigenvalue weighted by atomic mass is 9.33. The predicted octanol–water partition coefficient (Wildman–Crippen LogP) is 3.68. The van der Waals surface area contributed by atoms with E-state index in [1.54, 1.807) is 0 Å². The zero-order valence-corrected chi connectivity index (χ0v) is 9.60. The highest BCUT2D eigenvalue weighted by molar-refractivity contribution is 6.61. The van der Waals surface area contributed by atoms with Crippen molar-refractivity contribution in [2.75, 3.05) is 0 Å². The van der Waals surface area contributed by atoms with Crippen molar-refractivity contribution in [2.24, 2.45) is 5.92 Å². The van der Waals surface area contributed by atoms with Gasteiger partial charge in [-0.25, -0.2) is 0 Å². The Kier molecular flexibility index (Phi) is 2.38. The van der Waals surface area contributed by atoms with E-state index in [2.05, 4.69) is 35.9 Å². The largest absolute Gasteiger partial charge is 0.397 e. The normalized spacial score (nSPS) is 35.5. The van der Waals surface area contributed by atoms with E-state index in [0.29, 0.717) is 0 Å². The molecule has 3 heterocycles. The van der Waals surface area contributed by atoms with Gasteiger partial charge < -0.3 is 4.48 Å². The van der Waals surface area contributed by atoms with E-state index in [-0.39, 0.29) is 0 Å². The Labute approximate surface area is 93.0 Å². The fourth-order valence-corrected chi connectivity index (χ4v) is 4.05. The molecule has 2 saturated heterocycles. The highest BCUT2D eigenvalue weighted by atomic mass is 14.9. The molecule has 2 fully saturated rings. The van der Waals surface area contributed by atoms with Crippen molar-refractivity contribution in [2.45, 2.75) is 50.7 Å². The number of fused-ring (bicyclic) bond motifs is 2. The summed E-state index contributed by atoms with van der Waals surface area (Å²) in [5, 5.41) is 0. The van der Waals surface area contributed by atoms with Crippen molar-refractivity contribution in [3.05, 3.63) is 24.5 Å². The molecule has 2 heteroatoms. The first-order valence-electron chi connectivity index (χ1n) is 6.47. The van der Waals surface area contributed by atoms with Gasteiger partial charge in [0.1, 0.15) is 0 Å². The molecule has 0 saturated carbocycles. The van der Waals surface area contributed by atoms with E-state index in [1.807, 2.05) is 0 Å². The summed E-state index contributed by atoms with van der Waals surface area (Å²) >= 11 is 0. The molecule has 0 spiro atoms. The van der Waals surface area contributed by atoms with Crippen LogP contribution in [0.15, 0.2) is 24.5 Å². The molecule has 2 aliphatic rings. The van der Waals surface area contributed by atoms with Gasteiger partial charge in [-0.1, -0.05) is 39.0 Å². The fraction of sp³-hybridized carbons (Fsp3) is 0.692. The van der Waals surface area contributed by atoms with Crippen molar-refractivity contribution in [1.82, 2.24) is 4.48 Å². The molecule has 1 nitrogen and oxygen atoms in total. The number of hydrogen-bond acceptors (Lipinski definition) is 0. The maximum atomic E-state index is 2.49. The maximum absolute atomic E-state index is 2.49. The molecular weight excluding hydrogens is 181 g/mol. The first-order chi connectivity index (χ1) is 7.34. The number of aromatic nitrogens is 1. The molecule has 2 aliphatic heterocycles. The van der Waals surface area contributed by atoms with Gasteiger partial charge in [0.25, 0.3) is 6.85 Å². The third-order valence-corrected chi connectivity index (χ3v) is 4.50. The smallest absolute Gasteiger partial charge is 0.265 e. The highest BCUT2D eigenvalue weighted by Gasteiger charge is 2.42. The van der Waals surface area contributed by atoms with Gasteiger partial charge in [-0.15, -0.1) is 0 Å². The summed E-state index contributed by atoms with van der Waals surface area (Å²) in [6, 6.07) is 4.35. The summed E-state index contributed by atoms with van der Waals surface area (Å²) in [6.07, 6.45) is 11.9. The van der Waals surface area contributed by atoms with Crippen molar-refractivity contribution in [1.29, 1.82) is 0 Å². The Hall–Kier alpha value is -0.655. The number of hydrogen-bond donors (Lipinski definition) is 0. The zero-order valence-electron chi connectivity index (χ0n) is 9.60. The summed E-state index contributed by atoms with van der Waals surface area (Å²) in [4.78, 5) is 0. The van der Waals surface area contributed by atoms with Crippen LogP contribution in [-0.4, -0.2) is 11.3 Å². The number of nitrogens with zero attached hydrogens (tertiary/aromatic N) is 1. The second-order valence-corrected chi connectivity index (χ2v) is 5.65. The van der Waals surface area contributed by atoms with Crippen LogP contribution in [0.25, 0.3) is 0 Å². The molecule has 0 N–H and O–H groups in total. The van der Waals surface area contributed by atoms with Gasteiger partial charge in [-0.2, -0.15) is 0 Å². The van der Waals surface area contributed by atoms with Gasteiger partial charge in [0.15, 0.2) is 0 Å². The third kappa shape index (κ3) is 1.64. The molecule has 3 rings (SSSR count). The average Bonchev–Trinajstić information content (AvgIpc) is 2.68. The monoisotopic (exact) mass is 201 g/mol. The summed E-state index contributed by atoms with van der Waals surface area (Å²) in [5.41, 5.74) is 0. The van der Waals surface area contributed by atoms with E-state index in [0.717, 1.165) is 24.4 Å². The van der Waals surface area contributed by atoms with Gasteiger partial charge in [-0.3, -0.25) is 0 Å². The summed E-state index contributed by atoms with van der Waals surface area (Å²) in [7, 11) is 0. The summed E-state index contributed by atoms with van der Waals surface area (Å²) in [5.74, 6) is 2.88. The van der Waals surface area contributed by atoms with Crippen LogP contribution in [0.3, 0.4) is 0 Å². The van der Waals surface area contributed by atoms with Gasteiger partial charge in [-0.05, 0) is 42.1 Å². The topological polar surface area (TPSA) is 4.93 Å². The molecule has 2 unspecified atom stereocenters. The minimum absolute atomic E-state index is 0.824. The molecule has 80 valence electrons. The van der Waals surface area contributed by atoms with Crippen molar-refractivity contribution in [3.63, 3.8) is 0 Å². The SMILES string of the molecule is CC1CC2CCCC(C1)B2n1cccc1. The standard InChI is InChI=1S/C13H20BN/c1-11-9-12-5-4-6-13(10-11)14(12)15-7-2-3-8-15/h2-3,7-8,11-13H,4-6,9-10H2,1H3. The van der Waals surface area contributed by atoms with E-state index in [1.165, 1.54) is 32.1 Å². The van der Waals surface area contributed by atoms with Crippen LogP contribution in [0.5, 0.6) is 0 Å². The quantitative estimate of drug-likeness (QED) is 0.610. The van der Waals surface area contributed by atoms with Crippen LogP contribution >= 0.6 is 0 Å². The molecule has 0 amide bonds. The lowest BCUT2D eigenvalue weighted by Crippen LogP contribution is -2.42. The summed E-state index contributed by atoms with van der Waals surface area (Å²) < 4.78 is 2.49. The van der Waals surface area contributed by atoms with E-state index >= 15 is 0 Å². The third-order valence-electron chi connectivity index (χ3n) is 4.50. The van der Waals surface area contributed by atoms with Crippen LogP contribution < -0.4 is 0 Å². The van der Waals surface area contributed by atoms with E-state index in [9.17, 15) is 0 Å². The van der Waals surface area contributed by atoms with Crippen molar-refractivity contribution < 1.29 is 0 Å². The Balaban J connectivity index is 1.88. The van der Waals surface area contributed by atoms with E-state index < -0.39 is 0 Å².